The van der Waals surface area contributed by atoms with Crippen LogP contribution in [-0.4, -0.2) is 25.0 Å². The summed E-state index contributed by atoms with van der Waals surface area (Å²) < 4.78 is 6.15. The van der Waals surface area contributed by atoms with E-state index in [1.165, 1.54) is 11.1 Å². The molecule has 4 heteroatoms. The quantitative estimate of drug-likeness (QED) is 0.793. The van der Waals surface area contributed by atoms with E-state index in [0.717, 1.165) is 30.7 Å². The van der Waals surface area contributed by atoms with Gasteiger partial charge in [-0.15, -0.1) is 0 Å². The van der Waals surface area contributed by atoms with Crippen LogP contribution in [0.25, 0.3) is 0 Å². The van der Waals surface area contributed by atoms with Crippen LogP contribution in [0.4, 0.5) is 0 Å². The molecule has 0 aliphatic carbocycles. The second-order valence-electron chi connectivity index (χ2n) is 4.67. The van der Waals surface area contributed by atoms with E-state index in [2.05, 4.69) is 57.5 Å². The van der Waals surface area contributed by atoms with Gasteiger partial charge in [-0.2, -0.15) is 0 Å². The van der Waals surface area contributed by atoms with E-state index in [4.69, 9.17) is 4.42 Å². The molecule has 0 fully saturated rings. The van der Waals surface area contributed by atoms with E-state index >= 15 is 0 Å². The molecular formula is C15H19BrN2O. The van der Waals surface area contributed by atoms with Crippen LogP contribution in [0.1, 0.15) is 11.1 Å². The molecule has 0 aliphatic heterocycles. The van der Waals surface area contributed by atoms with Crippen molar-refractivity contribution in [3.63, 3.8) is 0 Å². The predicted octanol–water partition coefficient (Wildman–Crippen LogP) is 3.26. The van der Waals surface area contributed by atoms with E-state index < -0.39 is 0 Å². The Bertz CT molecular complexity index is 467. The Morgan fingerprint density at radius 2 is 1.95 bits per heavy atom. The SMILES string of the molecule is CN(CCNCc1ccoc1)Cc1ccc(Br)cc1. The first-order valence-corrected chi connectivity index (χ1v) is 7.18. The lowest BCUT2D eigenvalue weighted by Crippen LogP contribution is -2.28. The number of nitrogens with zero attached hydrogens (tertiary/aromatic N) is 1. The lowest BCUT2D eigenvalue weighted by molar-refractivity contribution is 0.324. The van der Waals surface area contributed by atoms with Crippen molar-refractivity contribution >= 4 is 15.9 Å². The maximum atomic E-state index is 5.03. The fourth-order valence-corrected chi connectivity index (χ4v) is 2.14. The molecule has 2 rings (SSSR count). The molecule has 0 spiro atoms. The fourth-order valence-electron chi connectivity index (χ4n) is 1.88. The first-order chi connectivity index (χ1) is 9.24. The minimum Gasteiger partial charge on any atom is -0.472 e. The average Bonchev–Trinajstić information content (AvgIpc) is 2.91. The number of halogens is 1. The largest absolute Gasteiger partial charge is 0.472 e. The van der Waals surface area contributed by atoms with Crippen LogP contribution in [0, 0.1) is 0 Å². The molecule has 2 aromatic rings. The van der Waals surface area contributed by atoms with Gasteiger partial charge >= 0.3 is 0 Å². The minimum atomic E-state index is 0.864. The summed E-state index contributed by atoms with van der Waals surface area (Å²) in [7, 11) is 2.14. The Morgan fingerprint density at radius 3 is 2.63 bits per heavy atom. The van der Waals surface area contributed by atoms with Crippen LogP contribution in [-0.2, 0) is 13.1 Å². The number of furan rings is 1. The zero-order chi connectivity index (χ0) is 13.5. The molecule has 1 heterocycles. The van der Waals surface area contributed by atoms with Crippen molar-refractivity contribution in [1.82, 2.24) is 10.2 Å². The maximum Gasteiger partial charge on any atom is 0.0947 e. The van der Waals surface area contributed by atoms with Gasteiger partial charge in [-0.05, 0) is 30.8 Å². The Morgan fingerprint density at radius 1 is 1.16 bits per heavy atom. The summed E-state index contributed by atoms with van der Waals surface area (Å²) in [5.74, 6) is 0. The second kappa shape index (κ2) is 7.48. The fraction of sp³-hybridized carbons (Fsp3) is 0.333. The zero-order valence-electron chi connectivity index (χ0n) is 11.1. The molecule has 0 saturated carbocycles. The normalized spacial score (nSPS) is 11.1. The molecule has 0 atom stereocenters. The first-order valence-electron chi connectivity index (χ1n) is 6.39. The molecule has 1 aromatic heterocycles. The van der Waals surface area contributed by atoms with E-state index in [1.807, 2.05) is 6.07 Å². The Hall–Kier alpha value is -1.10. The van der Waals surface area contributed by atoms with Crippen LogP contribution in [0.15, 0.2) is 51.7 Å². The first kappa shape index (κ1) is 14.3. The number of hydrogen-bond acceptors (Lipinski definition) is 3. The maximum absolute atomic E-state index is 5.03. The summed E-state index contributed by atoms with van der Waals surface area (Å²) >= 11 is 3.45. The highest BCUT2D eigenvalue weighted by Crippen LogP contribution is 2.11. The van der Waals surface area contributed by atoms with Crippen LogP contribution >= 0.6 is 15.9 Å². The molecule has 19 heavy (non-hydrogen) atoms. The molecule has 0 aliphatic rings. The van der Waals surface area contributed by atoms with Gasteiger partial charge in [0.2, 0.25) is 0 Å². The van der Waals surface area contributed by atoms with E-state index in [9.17, 15) is 0 Å². The lowest BCUT2D eigenvalue weighted by Gasteiger charge is -2.17. The molecule has 102 valence electrons. The van der Waals surface area contributed by atoms with Gasteiger partial charge in [0.1, 0.15) is 0 Å². The monoisotopic (exact) mass is 322 g/mol. The third kappa shape index (κ3) is 5.19. The lowest BCUT2D eigenvalue weighted by atomic mass is 10.2. The molecule has 0 bridgehead atoms. The number of nitrogens with one attached hydrogen (secondary N) is 1. The minimum absolute atomic E-state index is 0.864. The molecule has 0 radical (unpaired) electrons. The van der Waals surface area contributed by atoms with Gasteiger partial charge < -0.3 is 14.6 Å². The highest BCUT2D eigenvalue weighted by atomic mass is 79.9. The van der Waals surface area contributed by atoms with Gasteiger partial charge in [-0.3, -0.25) is 0 Å². The summed E-state index contributed by atoms with van der Waals surface area (Å²) in [6.45, 7) is 3.83. The van der Waals surface area contributed by atoms with Crippen molar-refractivity contribution in [2.24, 2.45) is 0 Å². The third-order valence-corrected chi connectivity index (χ3v) is 3.47. The number of likely N-dealkylation sites (N-methyl/N-ethyl adjacent to an activating group) is 1. The summed E-state index contributed by atoms with van der Waals surface area (Å²) in [5.41, 5.74) is 2.52. The average molecular weight is 323 g/mol. The molecule has 1 aromatic carbocycles. The van der Waals surface area contributed by atoms with Crippen molar-refractivity contribution in [3.8, 4) is 0 Å². The molecule has 3 nitrogen and oxygen atoms in total. The van der Waals surface area contributed by atoms with Gasteiger partial charge in [0.15, 0.2) is 0 Å². The van der Waals surface area contributed by atoms with Crippen molar-refractivity contribution in [2.75, 3.05) is 20.1 Å². The zero-order valence-corrected chi connectivity index (χ0v) is 12.7. The Kier molecular flexibility index (Phi) is 5.63. The Labute approximate surface area is 122 Å². The van der Waals surface area contributed by atoms with Gasteiger partial charge in [0.25, 0.3) is 0 Å². The topological polar surface area (TPSA) is 28.4 Å². The Balaban J connectivity index is 1.64. The third-order valence-electron chi connectivity index (χ3n) is 2.95. The van der Waals surface area contributed by atoms with E-state index in [-0.39, 0.29) is 0 Å². The molecule has 0 unspecified atom stereocenters. The smallest absolute Gasteiger partial charge is 0.0947 e. The molecule has 1 N–H and O–H groups in total. The molecule has 0 amide bonds. The van der Waals surface area contributed by atoms with Crippen molar-refractivity contribution < 1.29 is 4.42 Å². The highest BCUT2D eigenvalue weighted by molar-refractivity contribution is 9.10. The standard InChI is InChI=1S/C15H19BrN2O/c1-18(11-13-2-4-15(16)5-3-13)8-7-17-10-14-6-9-19-12-14/h2-6,9,12,17H,7-8,10-11H2,1H3. The van der Waals surface area contributed by atoms with Crippen LogP contribution in [0.2, 0.25) is 0 Å². The van der Waals surface area contributed by atoms with Crippen molar-refractivity contribution in [2.45, 2.75) is 13.1 Å². The van der Waals surface area contributed by atoms with Crippen LogP contribution in [0.3, 0.4) is 0 Å². The van der Waals surface area contributed by atoms with Crippen LogP contribution < -0.4 is 5.32 Å². The summed E-state index contributed by atoms with van der Waals surface area (Å²) in [4.78, 5) is 2.31. The van der Waals surface area contributed by atoms with Crippen molar-refractivity contribution in [1.29, 1.82) is 0 Å². The van der Waals surface area contributed by atoms with Gasteiger partial charge in [0.05, 0.1) is 12.5 Å². The van der Waals surface area contributed by atoms with Crippen molar-refractivity contribution in [3.05, 3.63) is 58.5 Å². The highest BCUT2D eigenvalue weighted by Gasteiger charge is 2.00. The van der Waals surface area contributed by atoms with Gasteiger partial charge in [-0.1, -0.05) is 28.1 Å². The number of rotatable bonds is 7. The van der Waals surface area contributed by atoms with E-state index in [1.54, 1.807) is 12.5 Å². The number of benzene rings is 1. The van der Waals surface area contributed by atoms with E-state index in [0.29, 0.717) is 0 Å². The molecule has 0 saturated heterocycles. The number of hydrogen-bond donors (Lipinski definition) is 1. The molecular weight excluding hydrogens is 304 g/mol. The second-order valence-corrected chi connectivity index (χ2v) is 5.59. The van der Waals surface area contributed by atoms with Crippen LogP contribution in [0.5, 0.6) is 0 Å². The predicted molar refractivity (Wildman–Crippen MR) is 80.9 cm³/mol. The summed E-state index contributed by atoms with van der Waals surface area (Å²) in [5, 5.41) is 3.40. The summed E-state index contributed by atoms with van der Waals surface area (Å²) in [6.07, 6.45) is 3.48. The summed E-state index contributed by atoms with van der Waals surface area (Å²) in [6, 6.07) is 10.5. The van der Waals surface area contributed by atoms with Gasteiger partial charge in [0, 0.05) is 36.2 Å². The van der Waals surface area contributed by atoms with Gasteiger partial charge in [-0.25, -0.2) is 0 Å².